The zero-order valence-electron chi connectivity index (χ0n) is 53.0. The number of esters is 2. The second kappa shape index (κ2) is 61.2. The average molecular weight is 1150 g/mol. The Bertz CT molecular complexity index is 1730. The summed E-state index contributed by atoms with van der Waals surface area (Å²) in [5, 5.41) is 0. The zero-order valence-corrected chi connectivity index (χ0v) is 53.9. The first kappa shape index (κ1) is 77.7. The smallest absolute Gasteiger partial charge is 0.462 e. The number of likely N-dealkylation sites (N-methyl/N-ethyl adjacent to an activating group) is 1. The van der Waals surface area contributed by atoms with Gasteiger partial charge in [0.1, 0.15) is 19.8 Å². The van der Waals surface area contributed by atoms with Crippen LogP contribution in [0.1, 0.15) is 277 Å². The summed E-state index contributed by atoms with van der Waals surface area (Å²) in [5.41, 5.74) is 0. The van der Waals surface area contributed by atoms with Gasteiger partial charge in [0, 0.05) is 12.8 Å². The zero-order chi connectivity index (χ0) is 59.1. The van der Waals surface area contributed by atoms with Gasteiger partial charge in [0.05, 0.1) is 27.7 Å². The maximum absolute atomic E-state index is 12.9. The fourth-order valence-electron chi connectivity index (χ4n) is 8.97. The van der Waals surface area contributed by atoms with E-state index in [1.54, 1.807) is 0 Å². The SMILES string of the molecule is CC/C=C\C/C=C\C/C=C\C/C=C\C/C=C\C/C=C\C/C=C\C/C=C\CCCCCCCCCCCCCCCCC(=O)OC(COC(=O)CCCCCCCCC/C=C\CCCCCCCCC)COP(=O)(O)OCC[N+](C)(C)C. The summed E-state index contributed by atoms with van der Waals surface area (Å²) < 4.78 is 34.6. The van der Waals surface area contributed by atoms with Crippen molar-refractivity contribution in [2.24, 2.45) is 0 Å². The Morgan fingerprint density at radius 3 is 1.06 bits per heavy atom. The molecule has 466 valence electrons. The van der Waals surface area contributed by atoms with Gasteiger partial charge in [-0.3, -0.25) is 18.6 Å². The minimum Gasteiger partial charge on any atom is -0.462 e. The fraction of sp³-hybridized carbons (Fsp3) is 0.718. The molecule has 0 spiro atoms. The van der Waals surface area contributed by atoms with Gasteiger partial charge in [-0.25, -0.2) is 4.57 Å². The van der Waals surface area contributed by atoms with Crippen LogP contribution in [-0.2, 0) is 32.7 Å². The van der Waals surface area contributed by atoms with Gasteiger partial charge >= 0.3 is 19.8 Å². The van der Waals surface area contributed by atoms with Crippen LogP contribution < -0.4 is 0 Å². The summed E-state index contributed by atoms with van der Waals surface area (Å²) in [4.78, 5) is 35.8. The number of nitrogens with zero attached hydrogens (tertiary/aromatic N) is 1. The number of hydrogen-bond acceptors (Lipinski definition) is 7. The largest absolute Gasteiger partial charge is 0.472 e. The molecule has 1 N–H and O–H groups in total. The van der Waals surface area contributed by atoms with Crippen molar-refractivity contribution in [3.63, 3.8) is 0 Å². The van der Waals surface area contributed by atoms with E-state index in [9.17, 15) is 19.0 Å². The summed E-state index contributed by atoms with van der Waals surface area (Å²) in [7, 11) is 1.47. The van der Waals surface area contributed by atoms with E-state index in [-0.39, 0.29) is 32.0 Å². The Hall–Kier alpha value is -3.33. The van der Waals surface area contributed by atoms with Crippen molar-refractivity contribution in [3.05, 3.63) is 109 Å². The highest BCUT2D eigenvalue weighted by atomic mass is 31.2. The molecule has 0 rings (SSSR count). The molecule has 0 aromatic heterocycles. The number of quaternary nitrogens is 1. The summed E-state index contributed by atoms with van der Waals surface area (Å²) in [5.74, 6) is -0.800. The van der Waals surface area contributed by atoms with Crippen molar-refractivity contribution in [1.29, 1.82) is 0 Å². The highest BCUT2D eigenvalue weighted by Crippen LogP contribution is 2.43. The summed E-state index contributed by atoms with van der Waals surface area (Å²) in [6.45, 7) is 4.33. The van der Waals surface area contributed by atoms with Gasteiger partial charge in [-0.15, -0.1) is 0 Å². The standard InChI is InChI=1S/C71H124NO8P/c1-6-8-10-12-14-16-18-20-22-24-26-27-28-29-30-31-32-33-34-35-36-37-38-39-40-41-42-43-44-45-46-48-50-52-54-56-58-60-62-64-71(74)80-69(68-79-81(75,76)78-66-65-72(3,4)5)67-77-70(73)63-61-59-57-55-53-51-49-47-25-23-21-19-17-15-13-11-9-7-2/h8,10,14,16,20,22-23,25-27,29-30,32-33,35-36,38-39,69H,6-7,9,11-13,15,17-19,21,24,28,31,34,37,40-68H2,1-5H3/p+1/b10-8-,16-14-,22-20-,25-23-,27-26-,30-29-,33-32-,36-35-,39-38-. The number of phosphoric ester groups is 1. The number of allylic oxidation sites excluding steroid dienone is 18. The van der Waals surface area contributed by atoms with Crippen LogP contribution in [-0.4, -0.2) is 74.9 Å². The molecule has 0 aromatic rings. The van der Waals surface area contributed by atoms with E-state index in [0.717, 1.165) is 103 Å². The Labute approximate surface area is 499 Å². The Morgan fingerprint density at radius 2 is 0.704 bits per heavy atom. The van der Waals surface area contributed by atoms with Crippen LogP contribution in [0.3, 0.4) is 0 Å². The van der Waals surface area contributed by atoms with Gasteiger partial charge in [0.25, 0.3) is 0 Å². The maximum Gasteiger partial charge on any atom is 0.472 e. The van der Waals surface area contributed by atoms with Crippen LogP contribution in [0.5, 0.6) is 0 Å². The van der Waals surface area contributed by atoms with E-state index in [1.807, 2.05) is 21.1 Å². The molecule has 0 radical (unpaired) electrons. The average Bonchev–Trinajstić information content (AvgIpc) is 3.43. The first-order chi connectivity index (χ1) is 39.5. The lowest BCUT2D eigenvalue weighted by Gasteiger charge is -2.24. The number of carbonyl (C=O) groups excluding carboxylic acids is 2. The topological polar surface area (TPSA) is 108 Å². The second-order valence-electron chi connectivity index (χ2n) is 23.1. The molecule has 2 unspecified atom stereocenters. The third-order valence-corrected chi connectivity index (χ3v) is 15.0. The van der Waals surface area contributed by atoms with Crippen LogP contribution in [0.4, 0.5) is 0 Å². The third kappa shape index (κ3) is 65.7. The molecule has 81 heavy (non-hydrogen) atoms. The minimum absolute atomic E-state index is 0.0280. The second-order valence-corrected chi connectivity index (χ2v) is 24.6. The molecule has 0 aliphatic carbocycles. The summed E-state index contributed by atoms with van der Waals surface area (Å²) in [6.07, 6.45) is 86.1. The van der Waals surface area contributed by atoms with E-state index in [4.69, 9.17) is 18.5 Å². The van der Waals surface area contributed by atoms with Crippen molar-refractivity contribution < 1.29 is 42.1 Å². The molecule has 9 nitrogen and oxygen atoms in total. The summed E-state index contributed by atoms with van der Waals surface area (Å²) in [6, 6.07) is 0. The van der Waals surface area contributed by atoms with Gasteiger partial charge in [0.2, 0.25) is 0 Å². The van der Waals surface area contributed by atoms with Gasteiger partial charge in [-0.05, 0) is 103 Å². The van der Waals surface area contributed by atoms with E-state index in [2.05, 4.69) is 123 Å². The number of rotatable bonds is 60. The van der Waals surface area contributed by atoms with Crippen LogP contribution in [0, 0.1) is 0 Å². The van der Waals surface area contributed by atoms with E-state index in [1.165, 1.54) is 141 Å². The van der Waals surface area contributed by atoms with Crippen molar-refractivity contribution in [3.8, 4) is 0 Å². The van der Waals surface area contributed by atoms with E-state index >= 15 is 0 Å². The lowest BCUT2D eigenvalue weighted by atomic mass is 10.0. The van der Waals surface area contributed by atoms with Gasteiger partial charge in [-0.1, -0.05) is 271 Å². The molecule has 0 fully saturated rings. The predicted octanol–water partition coefficient (Wildman–Crippen LogP) is 21.3. The van der Waals surface area contributed by atoms with Crippen LogP contribution in [0.15, 0.2) is 109 Å². The normalized spacial score (nSPS) is 13.9. The van der Waals surface area contributed by atoms with Crippen molar-refractivity contribution in [2.75, 3.05) is 47.5 Å². The molecule has 0 aromatic carbocycles. The Morgan fingerprint density at radius 1 is 0.395 bits per heavy atom. The molecule has 0 aliphatic heterocycles. The van der Waals surface area contributed by atoms with E-state index < -0.39 is 26.5 Å². The monoisotopic (exact) mass is 1150 g/mol. The first-order valence-electron chi connectivity index (χ1n) is 33.1. The van der Waals surface area contributed by atoms with Gasteiger partial charge in [-0.2, -0.15) is 0 Å². The molecule has 0 heterocycles. The molecule has 0 saturated heterocycles. The summed E-state index contributed by atoms with van der Waals surface area (Å²) >= 11 is 0. The fourth-order valence-corrected chi connectivity index (χ4v) is 9.71. The van der Waals surface area contributed by atoms with Crippen LogP contribution >= 0.6 is 7.82 Å². The number of hydrogen-bond donors (Lipinski definition) is 1. The molecule has 2 atom stereocenters. The molecular weight excluding hydrogens is 1030 g/mol. The third-order valence-electron chi connectivity index (χ3n) is 14.0. The molecule has 0 aliphatic rings. The van der Waals surface area contributed by atoms with Crippen molar-refractivity contribution in [2.45, 2.75) is 283 Å². The molecular formula is C71H125NO8P+. The number of ether oxygens (including phenoxy) is 2. The first-order valence-corrected chi connectivity index (χ1v) is 34.6. The maximum atomic E-state index is 12.9. The number of unbranched alkanes of at least 4 members (excludes halogenated alkanes) is 28. The van der Waals surface area contributed by atoms with Crippen molar-refractivity contribution in [1.82, 2.24) is 0 Å². The number of phosphoric acid groups is 1. The Balaban J connectivity index is 4.04. The highest BCUT2D eigenvalue weighted by molar-refractivity contribution is 7.47. The minimum atomic E-state index is -4.39. The van der Waals surface area contributed by atoms with Crippen LogP contribution in [0.25, 0.3) is 0 Å². The molecule has 10 heteroatoms. The lowest BCUT2D eigenvalue weighted by Crippen LogP contribution is -2.37. The Kier molecular flexibility index (Phi) is 58.7. The van der Waals surface area contributed by atoms with E-state index in [0.29, 0.717) is 17.4 Å². The lowest BCUT2D eigenvalue weighted by molar-refractivity contribution is -0.870. The molecule has 0 saturated carbocycles. The van der Waals surface area contributed by atoms with Crippen molar-refractivity contribution >= 4 is 19.8 Å². The highest BCUT2D eigenvalue weighted by Gasteiger charge is 2.27. The van der Waals surface area contributed by atoms with Gasteiger partial charge in [0.15, 0.2) is 6.10 Å². The van der Waals surface area contributed by atoms with Crippen LogP contribution in [0.2, 0.25) is 0 Å². The number of carbonyl (C=O) groups is 2. The molecule has 0 amide bonds. The molecule has 0 bridgehead atoms. The quantitative estimate of drug-likeness (QED) is 0.0211. The van der Waals surface area contributed by atoms with Gasteiger partial charge < -0.3 is 18.9 Å². The predicted molar refractivity (Wildman–Crippen MR) is 348 cm³/mol.